The molecule has 4 aliphatic heterocycles. The lowest BCUT2D eigenvalue weighted by atomic mass is 10.0. The number of rotatable bonds is 17. The Labute approximate surface area is 804 Å². The average Bonchev–Trinajstić information content (AvgIpc) is 0.801. The number of aliphatic hydroxyl groups excluding tert-OH is 2. The molecule has 128 heavy (non-hydrogen) atoms. The Bertz CT molecular complexity index is 5770. The van der Waals surface area contributed by atoms with E-state index in [9.17, 15) is 29.4 Å². The van der Waals surface area contributed by atoms with Crippen molar-refractivity contribution in [2.45, 2.75) is 43.8 Å². The summed E-state index contributed by atoms with van der Waals surface area (Å²) in [6.07, 6.45) is 0.799. The van der Waals surface area contributed by atoms with E-state index < -0.39 is 0 Å². The summed E-state index contributed by atoms with van der Waals surface area (Å²) >= 11 is 74.9. The number of hydrogen-bond acceptors (Lipinski definition) is 11. The highest BCUT2D eigenvalue weighted by atomic mass is 35.5. The average molecular weight is 1960 g/mol. The Morgan fingerprint density at radius 1 is 0.312 bits per heavy atom. The third-order valence-corrected chi connectivity index (χ3v) is 25.4. The van der Waals surface area contributed by atoms with Crippen LogP contribution in [0.25, 0.3) is 0 Å². The monoisotopic (exact) mass is 1950 g/mol. The van der Waals surface area contributed by atoms with Crippen molar-refractivity contribution < 1.29 is 34.1 Å². The van der Waals surface area contributed by atoms with Crippen molar-refractivity contribution in [3.05, 3.63) is 372 Å². The molecule has 8 amide bonds. The van der Waals surface area contributed by atoms with Gasteiger partial charge in [0.2, 0.25) is 0 Å². The second-order valence-electron chi connectivity index (χ2n) is 30.4. The number of amides is 8. The van der Waals surface area contributed by atoms with Gasteiger partial charge in [-0.05, 0) is 203 Å². The van der Waals surface area contributed by atoms with Crippen LogP contribution in [-0.2, 0) is 19.6 Å². The maximum atomic E-state index is 13.1. The zero-order valence-corrected chi connectivity index (χ0v) is 78.2. The Morgan fingerprint density at radius 2 is 0.633 bits per heavy atom. The minimum Gasteiger partial charge on any atom is -0.495 e. The van der Waals surface area contributed by atoms with Crippen molar-refractivity contribution in [3.63, 3.8) is 0 Å². The summed E-state index contributed by atoms with van der Waals surface area (Å²) in [7, 11) is 1.58. The molecule has 0 spiro atoms. The van der Waals surface area contributed by atoms with Crippen LogP contribution in [0.15, 0.2) is 273 Å². The van der Waals surface area contributed by atoms with Crippen LogP contribution in [0.5, 0.6) is 5.75 Å². The molecule has 4 saturated heterocycles. The van der Waals surface area contributed by atoms with Crippen LogP contribution in [0.3, 0.4) is 0 Å². The lowest BCUT2D eigenvalue weighted by Gasteiger charge is -2.43. The maximum absolute atomic E-state index is 13.1. The second-order valence-corrected chi connectivity index (χ2v) is 35.5. The van der Waals surface area contributed by atoms with E-state index in [1.807, 2.05) is 193 Å². The Kier molecular flexibility index (Phi) is 34.5. The second kappa shape index (κ2) is 46.1. The van der Waals surface area contributed by atoms with E-state index in [1.165, 1.54) is 5.56 Å². The van der Waals surface area contributed by atoms with Crippen LogP contribution >= 0.6 is 139 Å². The standard InChI is InChI=1S/C25H24Cl3N3O.3C24H22Cl3N3O2/c26-20-8-6-19(7-9-20)24-17-30(25(32)29-13-12-18-4-2-1-3-5-18)14-15-31(24)23-11-10-21(27)16-22(23)28;25-18-5-3-17(4-6-18)23-14-29(24(32)28-20-8-1-16(15-31)2-9-20)11-12-30(23)22-10-7-19(26)13-21(22)27;1-32-23-5-3-2-4-20(23)28-24(31)29-12-13-30(21-11-10-18(26)14-19(21)27)22(15-29)16-6-8-17(25)9-7-16;25-18-6-4-17(5-7-18)23-14-29(24(32)28-20-3-1-2-16(12-20)15-31)10-11-30(23)22-9-8-19(26)13-21(22)27/h1-11,16,24H,12-15,17H2,(H,29,32);1-10,13,23,31H,11-12,14-15H2,(H,28,32);2-11,14,22H,12-13,15H2,1H3,(H,28,31);1-9,12-13,23,31H,10-11,14-15H2,(H,28,32). The number of urea groups is 4. The zero-order valence-electron chi connectivity index (χ0n) is 69.2. The molecule has 0 bridgehead atoms. The first-order chi connectivity index (χ1) is 61.8. The summed E-state index contributed by atoms with van der Waals surface area (Å²) in [6.45, 7) is 7.07. The summed E-state index contributed by atoms with van der Waals surface area (Å²) in [6, 6.07) is 83.4. The van der Waals surface area contributed by atoms with Crippen LogP contribution < -0.4 is 45.6 Å². The molecule has 12 aromatic carbocycles. The van der Waals surface area contributed by atoms with Gasteiger partial charge in [-0.3, -0.25) is 0 Å². The van der Waals surface area contributed by atoms with Gasteiger partial charge >= 0.3 is 24.1 Å². The first kappa shape index (κ1) is 95.7. The number of carbonyl (C=O) groups is 4. The molecule has 31 heteroatoms. The van der Waals surface area contributed by atoms with Crippen molar-refractivity contribution in [3.8, 4) is 5.75 Å². The van der Waals surface area contributed by atoms with Crippen molar-refractivity contribution >= 4 is 203 Å². The topological polar surface area (TPSA) is 192 Å². The number of benzene rings is 12. The number of piperazine rings is 4. The largest absolute Gasteiger partial charge is 0.495 e. The van der Waals surface area contributed by atoms with Crippen molar-refractivity contribution in [1.29, 1.82) is 0 Å². The summed E-state index contributed by atoms with van der Waals surface area (Å²) in [4.78, 5) is 68.1. The smallest absolute Gasteiger partial charge is 0.322 e. The molecule has 6 N–H and O–H groups in total. The highest BCUT2D eigenvalue weighted by Gasteiger charge is 2.37. The summed E-state index contributed by atoms with van der Waals surface area (Å²) in [5.41, 5.74) is 12.4. The first-order valence-corrected chi connectivity index (χ1v) is 45.6. The predicted octanol–water partition coefficient (Wildman–Crippen LogP) is 25.7. The number of methoxy groups -OCH3 is 1. The minimum absolute atomic E-state index is 0.0355. The third-order valence-electron chi connectivity index (χ3n) is 22.2. The highest BCUT2D eigenvalue weighted by molar-refractivity contribution is 6.38. The lowest BCUT2D eigenvalue weighted by molar-refractivity contribution is 0.185. The summed E-state index contributed by atoms with van der Waals surface area (Å²) < 4.78 is 5.35. The molecule has 4 atom stereocenters. The Morgan fingerprint density at radius 3 is 0.984 bits per heavy atom. The van der Waals surface area contributed by atoms with Gasteiger partial charge in [-0.25, -0.2) is 19.2 Å². The fraction of sp³-hybridized carbons (Fsp3) is 0.216. The van der Waals surface area contributed by atoms with Gasteiger partial charge in [-0.15, -0.1) is 0 Å². The molecule has 0 saturated carbocycles. The fourth-order valence-corrected chi connectivity index (χ4v) is 18.2. The van der Waals surface area contributed by atoms with Gasteiger partial charge < -0.3 is 75.4 Å². The molecule has 0 aliphatic carbocycles. The predicted molar refractivity (Wildman–Crippen MR) is 527 cm³/mol. The number of ether oxygens (including phenoxy) is 1. The molecule has 4 aliphatic rings. The van der Waals surface area contributed by atoms with Crippen molar-refractivity contribution in [2.75, 3.05) is 128 Å². The summed E-state index contributed by atoms with van der Waals surface area (Å²) in [5, 5.41) is 37.7. The number of halogens is 12. The number of nitrogens with zero attached hydrogens (tertiary/aromatic N) is 8. The van der Waals surface area contributed by atoms with E-state index in [1.54, 1.807) is 94.6 Å². The van der Waals surface area contributed by atoms with Crippen LogP contribution in [0, 0.1) is 0 Å². The van der Waals surface area contributed by atoms with Gasteiger partial charge in [0.05, 0.1) is 93.0 Å². The third kappa shape index (κ3) is 25.6. The number of hydrogen-bond donors (Lipinski definition) is 6. The normalized spacial score (nSPS) is 16.1. The zero-order chi connectivity index (χ0) is 90.5. The number of nitrogens with one attached hydrogen (secondary N) is 4. The Balaban J connectivity index is 0.000000146. The molecule has 664 valence electrons. The number of para-hydroxylation sites is 2. The van der Waals surface area contributed by atoms with Crippen molar-refractivity contribution in [2.24, 2.45) is 0 Å². The van der Waals surface area contributed by atoms with E-state index in [-0.39, 0.29) is 61.5 Å². The molecular formula is C97H90Cl12N12O7. The highest BCUT2D eigenvalue weighted by Crippen LogP contribution is 2.43. The molecule has 16 rings (SSSR count). The summed E-state index contributed by atoms with van der Waals surface area (Å²) in [5.74, 6) is 0.613. The van der Waals surface area contributed by atoms with E-state index in [0.717, 1.165) is 62.6 Å². The van der Waals surface area contributed by atoms with Gasteiger partial charge in [0.1, 0.15) is 5.75 Å². The number of carbonyl (C=O) groups excluding carboxylic acids is 4. The van der Waals surface area contributed by atoms with Crippen LogP contribution in [0.4, 0.5) is 59.0 Å². The van der Waals surface area contributed by atoms with Crippen LogP contribution in [0.2, 0.25) is 60.3 Å². The first-order valence-electron chi connectivity index (χ1n) is 41.0. The van der Waals surface area contributed by atoms with E-state index >= 15 is 0 Å². The van der Waals surface area contributed by atoms with Gasteiger partial charge in [0, 0.05) is 137 Å². The molecular weight excluding hydrogens is 1870 g/mol. The van der Waals surface area contributed by atoms with Crippen LogP contribution in [-0.4, -0.2) is 146 Å². The van der Waals surface area contributed by atoms with Gasteiger partial charge in [-0.1, -0.05) is 254 Å². The lowest BCUT2D eigenvalue weighted by Crippen LogP contribution is -2.53. The maximum Gasteiger partial charge on any atom is 0.322 e. The SMILES string of the molecule is COc1ccccc1NC(=O)N1CCN(c2ccc(Cl)cc2Cl)C(c2ccc(Cl)cc2)C1.O=C(NCCc1ccccc1)N1CCN(c2ccc(Cl)cc2Cl)C(c2ccc(Cl)cc2)C1.O=C(Nc1ccc(CO)cc1)N1CCN(c2ccc(Cl)cc2Cl)C(c2ccc(Cl)cc2)C1.O=C(Nc1cccc(CO)c1)N1CCN(c2ccc(Cl)cc2Cl)C(c2ccc(Cl)cc2)C1. The molecule has 19 nitrogen and oxygen atoms in total. The van der Waals surface area contributed by atoms with Crippen molar-refractivity contribution in [1.82, 2.24) is 24.9 Å². The molecule has 4 unspecified atom stereocenters. The minimum atomic E-state index is -0.194. The van der Waals surface area contributed by atoms with E-state index in [0.29, 0.717) is 168 Å². The van der Waals surface area contributed by atoms with Gasteiger partial charge in [0.25, 0.3) is 0 Å². The van der Waals surface area contributed by atoms with E-state index in [2.05, 4.69) is 53.0 Å². The van der Waals surface area contributed by atoms with Gasteiger partial charge in [0.15, 0.2) is 0 Å². The quantitative estimate of drug-likeness (QED) is 0.0508. The molecule has 0 radical (unpaired) electrons. The van der Waals surface area contributed by atoms with E-state index in [4.69, 9.17) is 144 Å². The number of anilines is 7. The number of aliphatic hydroxyl groups is 2. The molecule has 4 fully saturated rings. The fourth-order valence-electron chi connectivity index (χ4n) is 15.6. The molecule has 4 heterocycles. The molecule has 12 aromatic rings. The molecule has 0 aromatic heterocycles. The van der Waals surface area contributed by atoms with Gasteiger partial charge in [-0.2, -0.15) is 0 Å². The van der Waals surface area contributed by atoms with Crippen LogP contribution in [0.1, 0.15) is 63.1 Å². The Hall–Kier alpha value is -9.88.